The zero-order valence-corrected chi connectivity index (χ0v) is 25.4. The first-order valence-electron chi connectivity index (χ1n) is 15.2. The molecule has 4 nitrogen and oxygen atoms in total. The molecule has 1 saturated carbocycles. The predicted octanol–water partition coefficient (Wildman–Crippen LogP) is 7.93. The van der Waals surface area contributed by atoms with Crippen molar-refractivity contribution in [2.75, 3.05) is 0 Å². The number of carbonyl (C=O) groups excluding carboxylic acids is 2. The Morgan fingerprint density at radius 2 is 1.64 bits per heavy atom. The summed E-state index contributed by atoms with van der Waals surface area (Å²) >= 11 is 0. The molecule has 0 radical (unpaired) electrons. The van der Waals surface area contributed by atoms with Gasteiger partial charge in [0.1, 0.15) is 11.3 Å². The van der Waals surface area contributed by atoms with Gasteiger partial charge < -0.3 is 9.84 Å². The molecule has 1 saturated heterocycles. The Labute approximate surface area is 235 Å². The minimum absolute atomic E-state index is 0.0348. The van der Waals surface area contributed by atoms with E-state index in [0.29, 0.717) is 24.2 Å². The van der Waals surface area contributed by atoms with Crippen LogP contribution in [0.1, 0.15) is 81.6 Å². The van der Waals surface area contributed by atoms with Gasteiger partial charge in [-0.15, -0.1) is 0 Å². The molecule has 5 aliphatic rings. The van der Waals surface area contributed by atoms with Crippen LogP contribution in [-0.4, -0.2) is 22.5 Å². The summed E-state index contributed by atoms with van der Waals surface area (Å²) < 4.78 is 6.20. The fraction of sp³-hybridized carbons (Fsp3) is 0.657. The number of aliphatic hydroxyl groups excluding tert-OH is 1. The lowest BCUT2D eigenvalue weighted by Crippen LogP contribution is -2.52. The van der Waals surface area contributed by atoms with E-state index in [0.717, 1.165) is 18.4 Å². The second kappa shape index (κ2) is 9.63. The number of aliphatic hydroxyl groups is 1. The summed E-state index contributed by atoms with van der Waals surface area (Å²) in [4.78, 5) is 28.3. The third-order valence-electron chi connectivity index (χ3n) is 11.7. The van der Waals surface area contributed by atoms with Gasteiger partial charge in [0.05, 0.1) is 0 Å². The number of ketones is 1. The van der Waals surface area contributed by atoms with Crippen molar-refractivity contribution >= 4 is 11.8 Å². The van der Waals surface area contributed by atoms with E-state index in [2.05, 4.69) is 85.8 Å². The van der Waals surface area contributed by atoms with Gasteiger partial charge in [-0.05, 0) is 75.0 Å². The van der Waals surface area contributed by atoms with Crippen LogP contribution in [-0.2, 0) is 14.3 Å². The maximum absolute atomic E-state index is 14.6. The second-order valence-electron chi connectivity index (χ2n) is 14.2. The van der Waals surface area contributed by atoms with Crippen molar-refractivity contribution < 1.29 is 19.4 Å². The van der Waals surface area contributed by atoms with Crippen molar-refractivity contribution in [2.45, 2.75) is 87.2 Å². The second-order valence-corrected chi connectivity index (χ2v) is 14.2. The number of carbonyl (C=O) groups is 2. The van der Waals surface area contributed by atoms with E-state index in [4.69, 9.17) is 4.74 Å². The molecule has 4 heteroatoms. The van der Waals surface area contributed by atoms with Gasteiger partial charge in [-0.2, -0.15) is 0 Å². The Balaban J connectivity index is 1.79. The number of esters is 1. The van der Waals surface area contributed by atoms with Gasteiger partial charge in [0.2, 0.25) is 5.78 Å². The van der Waals surface area contributed by atoms with Crippen LogP contribution >= 0.6 is 0 Å². The summed E-state index contributed by atoms with van der Waals surface area (Å²) in [6.07, 6.45) is 13.7. The van der Waals surface area contributed by atoms with Gasteiger partial charge in [-0.1, -0.05) is 88.6 Å². The first-order valence-corrected chi connectivity index (χ1v) is 15.2. The van der Waals surface area contributed by atoms with E-state index in [1.54, 1.807) is 0 Å². The van der Waals surface area contributed by atoms with Crippen LogP contribution in [0.15, 0.2) is 58.4 Å². The fourth-order valence-corrected chi connectivity index (χ4v) is 9.25. The van der Waals surface area contributed by atoms with Crippen LogP contribution in [0.3, 0.4) is 0 Å². The molecule has 4 aliphatic carbocycles. The molecule has 11 unspecified atom stereocenters. The highest BCUT2D eigenvalue weighted by Crippen LogP contribution is 2.61. The molecule has 39 heavy (non-hydrogen) atoms. The average Bonchev–Trinajstić information content (AvgIpc) is 3.10. The number of fused-ring (bicyclic) bond motifs is 4. The van der Waals surface area contributed by atoms with Crippen LogP contribution in [0, 0.1) is 58.7 Å². The Bertz CT molecular complexity index is 1230. The average molecular weight is 533 g/mol. The van der Waals surface area contributed by atoms with E-state index in [1.807, 2.05) is 6.92 Å². The minimum atomic E-state index is -1.30. The quantitative estimate of drug-likeness (QED) is 0.195. The highest BCUT2D eigenvalue weighted by molar-refractivity contribution is 6.26. The van der Waals surface area contributed by atoms with E-state index < -0.39 is 17.0 Å². The van der Waals surface area contributed by atoms with E-state index in [-0.39, 0.29) is 52.6 Å². The number of rotatable bonds is 0. The van der Waals surface area contributed by atoms with E-state index in [9.17, 15) is 14.7 Å². The summed E-state index contributed by atoms with van der Waals surface area (Å²) in [5.41, 5.74) is 1.26. The van der Waals surface area contributed by atoms with Crippen molar-refractivity contribution in [3.8, 4) is 0 Å². The molecule has 0 aromatic heterocycles. The molecule has 2 bridgehead atoms. The maximum atomic E-state index is 14.6. The summed E-state index contributed by atoms with van der Waals surface area (Å²) in [5.74, 6) is 0.647. The zero-order chi connectivity index (χ0) is 28.6. The Morgan fingerprint density at radius 1 is 0.949 bits per heavy atom. The molecular weight excluding hydrogens is 484 g/mol. The molecular formula is C35H48O4. The topological polar surface area (TPSA) is 63.6 Å². The van der Waals surface area contributed by atoms with Crippen LogP contribution in [0.2, 0.25) is 0 Å². The number of hydrogen-bond acceptors (Lipinski definition) is 4. The minimum Gasteiger partial charge on any atom is -0.511 e. The monoisotopic (exact) mass is 532 g/mol. The van der Waals surface area contributed by atoms with Crippen molar-refractivity contribution in [1.29, 1.82) is 0 Å². The maximum Gasteiger partial charge on any atom is 0.346 e. The first kappa shape index (κ1) is 28.2. The molecule has 0 amide bonds. The third kappa shape index (κ3) is 4.06. The summed E-state index contributed by atoms with van der Waals surface area (Å²) in [7, 11) is 0. The summed E-state index contributed by atoms with van der Waals surface area (Å²) in [6, 6.07) is 0. The highest BCUT2D eigenvalue weighted by Gasteiger charge is 2.63. The number of allylic oxidation sites excluding steroid dienone is 7. The van der Waals surface area contributed by atoms with Crippen molar-refractivity contribution in [3.05, 3.63) is 58.4 Å². The van der Waals surface area contributed by atoms with Gasteiger partial charge in [0, 0.05) is 23.7 Å². The molecule has 0 aromatic carbocycles. The van der Waals surface area contributed by atoms with E-state index in [1.165, 1.54) is 11.1 Å². The predicted molar refractivity (Wildman–Crippen MR) is 156 cm³/mol. The first-order chi connectivity index (χ1) is 18.2. The van der Waals surface area contributed by atoms with Crippen LogP contribution in [0.25, 0.3) is 0 Å². The van der Waals surface area contributed by atoms with Crippen LogP contribution < -0.4 is 0 Å². The summed E-state index contributed by atoms with van der Waals surface area (Å²) in [6.45, 7) is 19.7. The largest absolute Gasteiger partial charge is 0.511 e. The van der Waals surface area contributed by atoms with Crippen molar-refractivity contribution in [1.82, 2.24) is 0 Å². The number of hydrogen-bond donors (Lipinski definition) is 1. The molecule has 1 aliphatic heterocycles. The lowest BCUT2D eigenvalue weighted by atomic mass is 9.48. The van der Waals surface area contributed by atoms with Crippen LogP contribution in [0.4, 0.5) is 0 Å². The van der Waals surface area contributed by atoms with Gasteiger partial charge in [-0.3, -0.25) is 4.79 Å². The molecule has 1 spiro atoms. The van der Waals surface area contributed by atoms with Crippen molar-refractivity contribution in [3.63, 3.8) is 0 Å². The number of Topliss-reactive ketones (excluding diaryl/α,β-unsaturated/α-hetero) is 1. The smallest absolute Gasteiger partial charge is 0.346 e. The fourth-order valence-electron chi connectivity index (χ4n) is 9.25. The van der Waals surface area contributed by atoms with Crippen LogP contribution in [0.5, 0.6) is 0 Å². The Morgan fingerprint density at radius 3 is 2.33 bits per heavy atom. The molecule has 1 heterocycles. The summed E-state index contributed by atoms with van der Waals surface area (Å²) in [5, 5.41) is 12.4. The molecule has 1 N–H and O–H groups in total. The molecule has 5 rings (SSSR count). The van der Waals surface area contributed by atoms with Gasteiger partial charge in [-0.25, -0.2) is 4.79 Å². The highest BCUT2D eigenvalue weighted by atomic mass is 16.6. The third-order valence-corrected chi connectivity index (χ3v) is 11.7. The van der Waals surface area contributed by atoms with Crippen molar-refractivity contribution in [2.24, 2.45) is 58.7 Å². The Kier molecular flexibility index (Phi) is 6.96. The SMILES string of the molecule is CC1=CC(C)C2/C=C(\C)C(C)C/C=C(\C)C3C=CC4C(C)C(C)CC(C)C4C3(C)C(O)=C3C(=O)OC2(C1)C3=O. The van der Waals surface area contributed by atoms with Gasteiger partial charge in [0.25, 0.3) is 0 Å². The lowest BCUT2D eigenvalue weighted by Gasteiger charge is -2.56. The molecule has 0 aromatic rings. The molecule has 11 atom stereocenters. The number of ether oxygens (including phenoxy) is 1. The lowest BCUT2D eigenvalue weighted by molar-refractivity contribution is -0.157. The molecule has 212 valence electrons. The normalized spacial score (nSPS) is 49.1. The Hall–Kier alpha value is -2.36. The standard InChI is InChI=1S/C35H48O4/c1-18-14-23(6)28-16-21(4)19(2)10-11-20(3)27-13-12-26-25(8)22(5)15-24(7)30(26)34(27,9)31(36)29-32(37)35(28,17-18)39-33(29)38/h11-14,16,19,22-28,30,36H,10,15,17H2,1-9H3/b20-11+,21-16+,31-29?. The molecule has 2 fully saturated rings. The van der Waals surface area contributed by atoms with Gasteiger partial charge in [0.15, 0.2) is 5.60 Å². The van der Waals surface area contributed by atoms with Gasteiger partial charge >= 0.3 is 5.97 Å². The van der Waals surface area contributed by atoms with E-state index >= 15 is 0 Å². The zero-order valence-electron chi connectivity index (χ0n) is 25.4.